The second kappa shape index (κ2) is 6.73. The van der Waals surface area contributed by atoms with Crippen molar-refractivity contribution in [1.82, 2.24) is 15.3 Å². The maximum absolute atomic E-state index is 14.0. The summed E-state index contributed by atoms with van der Waals surface area (Å²) in [5.41, 5.74) is 4.41. The minimum Gasteiger partial charge on any atom is -0.352 e. The van der Waals surface area contributed by atoms with Gasteiger partial charge in [0.2, 0.25) is 0 Å². The van der Waals surface area contributed by atoms with E-state index in [-0.39, 0.29) is 22.6 Å². The van der Waals surface area contributed by atoms with Gasteiger partial charge in [0.05, 0.1) is 17.4 Å². The van der Waals surface area contributed by atoms with Crippen molar-refractivity contribution >= 4 is 16.9 Å². The third kappa shape index (κ3) is 3.09. The fourth-order valence-corrected chi connectivity index (χ4v) is 4.45. The molecule has 5 heteroatoms. The maximum atomic E-state index is 14.0. The van der Waals surface area contributed by atoms with Gasteiger partial charge in [-0.05, 0) is 71.6 Å². The van der Waals surface area contributed by atoms with Crippen LogP contribution in [0.4, 0.5) is 4.39 Å². The molecule has 1 aromatic heterocycles. The van der Waals surface area contributed by atoms with Crippen molar-refractivity contribution in [3.63, 3.8) is 0 Å². The molecule has 1 aliphatic carbocycles. The van der Waals surface area contributed by atoms with Crippen molar-refractivity contribution in [1.29, 1.82) is 0 Å². The number of aromatic amines is 1. The zero-order valence-electron chi connectivity index (χ0n) is 16.6. The molecule has 4 nitrogen and oxygen atoms in total. The van der Waals surface area contributed by atoms with Gasteiger partial charge in [0.25, 0.3) is 5.91 Å². The Morgan fingerprint density at radius 1 is 1.21 bits per heavy atom. The Morgan fingerprint density at radius 3 is 2.86 bits per heavy atom. The molecule has 1 unspecified atom stereocenters. The average molecular weight is 379 g/mol. The molecular weight excluding hydrogens is 353 g/mol. The van der Waals surface area contributed by atoms with E-state index >= 15 is 0 Å². The summed E-state index contributed by atoms with van der Waals surface area (Å²) in [7, 11) is 0. The number of fused-ring (bicyclic) bond motifs is 2. The van der Waals surface area contributed by atoms with Crippen LogP contribution < -0.4 is 5.32 Å². The lowest BCUT2D eigenvalue weighted by Gasteiger charge is -2.49. The number of H-pyrrole nitrogens is 1. The number of carbonyl (C=O) groups is 1. The number of aryl methyl sites for hydroxylation is 1. The molecule has 0 fully saturated rings. The molecule has 0 aliphatic heterocycles. The molecule has 0 saturated carbocycles. The second-order valence-corrected chi connectivity index (χ2v) is 8.66. The molecule has 0 bridgehead atoms. The molecule has 0 saturated heterocycles. The molecule has 146 valence electrons. The largest absolute Gasteiger partial charge is 0.352 e. The van der Waals surface area contributed by atoms with Crippen LogP contribution in [-0.2, 0) is 11.8 Å². The summed E-state index contributed by atoms with van der Waals surface area (Å²) in [4.78, 5) is 19.8. The fraction of sp³-hybridized carbons (Fsp3) is 0.391. The SMILES string of the molecule is CC1(C)CCc2ccc(F)cc2C1(C)CCNC(=O)c1ccc2nc[nH]c2c1. The Morgan fingerprint density at radius 2 is 2.04 bits per heavy atom. The monoisotopic (exact) mass is 379 g/mol. The summed E-state index contributed by atoms with van der Waals surface area (Å²) in [6.07, 6.45) is 4.39. The van der Waals surface area contributed by atoms with Crippen LogP contribution in [0.2, 0.25) is 0 Å². The van der Waals surface area contributed by atoms with E-state index < -0.39 is 0 Å². The number of imidazole rings is 1. The third-order valence-corrected chi connectivity index (χ3v) is 6.77. The highest BCUT2D eigenvalue weighted by molar-refractivity contribution is 5.97. The highest BCUT2D eigenvalue weighted by Gasteiger charge is 2.45. The topological polar surface area (TPSA) is 57.8 Å². The van der Waals surface area contributed by atoms with Crippen molar-refractivity contribution in [2.24, 2.45) is 5.41 Å². The number of hydrogen-bond donors (Lipinski definition) is 2. The van der Waals surface area contributed by atoms with Crippen molar-refractivity contribution in [3.05, 3.63) is 65.2 Å². The zero-order valence-corrected chi connectivity index (χ0v) is 16.6. The first-order chi connectivity index (χ1) is 13.3. The number of nitrogens with one attached hydrogen (secondary N) is 2. The van der Waals surface area contributed by atoms with Crippen LogP contribution in [0.1, 0.15) is 55.1 Å². The summed E-state index contributed by atoms with van der Waals surface area (Å²) in [5.74, 6) is -0.298. The lowest BCUT2D eigenvalue weighted by molar-refractivity contribution is 0.0932. The van der Waals surface area contributed by atoms with Crippen LogP contribution in [0.25, 0.3) is 11.0 Å². The first kappa shape index (κ1) is 18.7. The summed E-state index contributed by atoms with van der Waals surface area (Å²) in [6.45, 7) is 7.23. The van der Waals surface area contributed by atoms with E-state index in [2.05, 4.69) is 36.1 Å². The van der Waals surface area contributed by atoms with Crippen molar-refractivity contribution in [2.75, 3.05) is 6.54 Å². The highest BCUT2D eigenvalue weighted by Crippen LogP contribution is 2.51. The smallest absolute Gasteiger partial charge is 0.251 e. The fourth-order valence-electron chi connectivity index (χ4n) is 4.45. The molecule has 0 spiro atoms. The van der Waals surface area contributed by atoms with E-state index in [9.17, 15) is 9.18 Å². The molecule has 1 amide bonds. The molecule has 1 heterocycles. The number of halogens is 1. The van der Waals surface area contributed by atoms with Gasteiger partial charge in [-0.2, -0.15) is 0 Å². The van der Waals surface area contributed by atoms with Crippen LogP contribution in [0.3, 0.4) is 0 Å². The van der Waals surface area contributed by atoms with Crippen LogP contribution in [0, 0.1) is 11.2 Å². The molecule has 1 aliphatic rings. The van der Waals surface area contributed by atoms with Crippen LogP contribution in [0.5, 0.6) is 0 Å². The molecule has 28 heavy (non-hydrogen) atoms. The molecule has 3 aromatic rings. The summed E-state index contributed by atoms with van der Waals surface area (Å²) < 4.78 is 14.0. The predicted octanol–water partition coefficient (Wildman–Crippen LogP) is 4.75. The van der Waals surface area contributed by atoms with E-state index in [1.54, 1.807) is 24.5 Å². The first-order valence-corrected chi connectivity index (χ1v) is 9.80. The van der Waals surface area contributed by atoms with E-state index in [0.29, 0.717) is 12.1 Å². The standard InChI is InChI=1S/C23H26FN3O/c1-22(2)9-8-15-4-6-17(24)13-18(15)23(22,3)10-11-25-21(28)16-5-7-19-20(12-16)27-14-26-19/h4-7,12-14H,8-11H2,1-3H3,(H,25,28)(H,26,27). The number of hydrogen-bond acceptors (Lipinski definition) is 2. The van der Waals surface area contributed by atoms with E-state index in [1.165, 1.54) is 5.56 Å². The van der Waals surface area contributed by atoms with E-state index in [4.69, 9.17) is 0 Å². The van der Waals surface area contributed by atoms with Gasteiger partial charge in [-0.1, -0.05) is 26.8 Å². The normalized spacial score (nSPS) is 20.7. The van der Waals surface area contributed by atoms with Gasteiger partial charge in [-0.3, -0.25) is 4.79 Å². The van der Waals surface area contributed by atoms with Gasteiger partial charge in [0, 0.05) is 12.1 Å². The third-order valence-electron chi connectivity index (χ3n) is 6.77. The van der Waals surface area contributed by atoms with Gasteiger partial charge in [-0.25, -0.2) is 9.37 Å². The minimum absolute atomic E-state index is 0.0212. The average Bonchev–Trinajstić information content (AvgIpc) is 3.13. The quantitative estimate of drug-likeness (QED) is 0.687. The number of aromatic nitrogens is 2. The Bertz CT molecular complexity index is 1040. The minimum atomic E-state index is -0.205. The maximum Gasteiger partial charge on any atom is 0.251 e. The Hall–Kier alpha value is -2.69. The Kier molecular flexibility index (Phi) is 4.48. The van der Waals surface area contributed by atoms with E-state index in [1.807, 2.05) is 18.2 Å². The highest BCUT2D eigenvalue weighted by atomic mass is 19.1. The van der Waals surface area contributed by atoms with Crippen LogP contribution >= 0.6 is 0 Å². The number of carbonyl (C=O) groups excluding carboxylic acids is 1. The van der Waals surface area contributed by atoms with Gasteiger partial charge in [0.1, 0.15) is 5.82 Å². The van der Waals surface area contributed by atoms with Gasteiger partial charge in [-0.15, -0.1) is 0 Å². The van der Waals surface area contributed by atoms with Gasteiger partial charge >= 0.3 is 0 Å². The number of benzene rings is 2. The number of amides is 1. The first-order valence-electron chi connectivity index (χ1n) is 9.80. The molecular formula is C23H26FN3O. The molecule has 2 N–H and O–H groups in total. The second-order valence-electron chi connectivity index (χ2n) is 8.66. The van der Waals surface area contributed by atoms with E-state index in [0.717, 1.165) is 35.9 Å². The van der Waals surface area contributed by atoms with Crippen molar-refractivity contribution < 1.29 is 9.18 Å². The predicted molar refractivity (Wildman–Crippen MR) is 109 cm³/mol. The van der Waals surface area contributed by atoms with Crippen molar-refractivity contribution in [2.45, 2.75) is 45.4 Å². The number of rotatable bonds is 4. The number of nitrogens with zero attached hydrogens (tertiary/aromatic N) is 1. The van der Waals surface area contributed by atoms with Crippen LogP contribution in [0.15, 0.2) is 42.7 Å². The Balaban J connectivity index is 1.51. The summed E-state index contributed by atoms with van der Waals surface area (Å²) >= 11 is 0. The van der Waals surface area contributed by atoms with Gasteiger partial charge in [0.15, 0.2) is 0 Å². The Labute approximate surface area is 164 Å². The van der Waals surface area contributed by atoms with Crippen LogP contribution in [-0.4, -0.2) is 22.4 Å². The molecule has 2 aromatic carbocycles. The van der Waals surface area contributed by atoms with Gasteiger partial charge < -0.3 is 10.3 Å². The molecule has 0 radical (unpaired) electrons. The lowest BCUT2D eigenvalue weighted by atomic mass is 9.55. The summed E-state index contributed by atoms with van der Waals surface area (Å²) in [5, 5.41) is 3.04. The molecule has 4 rings (SSSR count). The van der Waals surface area contributed by atoms with Crippen molar-refractivity contribution in [3.8, 4) is 0 Å². The zero-order chi connectivity index (χ0) is 19.9. The summed E-state index contributed by atoms with van der Waals surface area (Å²) in [6, 6.07) is 10.6. The molecule has 1 atom stereocenters. The lowest BCUT2D eigenvalue weighted by Crippen LogP contribution is -2.45.